The molecule has 0 radical (unpaired) electrons. The number of halogens is 1. The summed E-state index contributed by atoms with van der Waals surface area (Å²) < 4.78 is 0. The van der Waals surface area contributed by atoms with Crippen LogP contribution in [-0.4, -0.2) is 17.0 Å². The number of aryl methyl sites for hydroxylation is 1. The highest BCUT2D eigenvalue weighted by Crippen LogP contribution is 2.21. The molecule has 0 aliphatic rings. The number of aromatic nitrogens is 2. The molecule has 4 nitrogen and oxygen atoms in total. The Bertz CT molecular complexity index is 546. The molecule has 0 saturated heterocycles. The van der Waals surface area contributed by atoms with Crippen LogP contribution in [0, 0.1) is 0 Å². The zero-order chi connectivity index (χ0) is 14.5. The predicted octanol–water partition coefficient (Wildman–Crippen LogP) is 3.91. The van der Waals surface area contributed by atoms with Crippen molar-refractivity contribution in [3.8, 4) is 0 Å². The smallest absolute Gasteiger partial charge is 0.132 e. The summed E-state index contributed by atoms with van der Waals surface area (Å²) in [6, 6.07) is 9.88. The third-order valence-corrected chi connectivity index (χ3v) is 3.33. The molecule has 0 spiro atoms. The van der Waals surface area contributed by atoms with Crippen LogP contribution in [0.2, 0.25) is 5.02 Å². The lowest BCUT2D eigenvalue weighted by Crippen LogP contribution is -2.10. The summed E-state index contributed by atoms with van der Waals surface area (Å²) in [6.45, 7) is 4.14. The molecule has 0 aliphatic heterocycles. The topological polar surface area (TPSA) is 49.8 Å². The minimum Gasteiger partial charge on any atom is -0.373 e. The van der Waals surface area contributed by atoms with Crippen molar-refractivity contribution in [2.24, 2.45) is 0 Å². The van der Waals surface area contributed by atoms with E-state index in [1.165, 1.54) is 0 Å². The predicted molar refractivity (Wildman–Crippen MR) is 84.4 cm³/mol. The number of hydrogen-bond donors (Lipinski definition) is 2. The van der Waals surface area contributed by atoms with E-state index >= 15 is 0 Å². The fourth-order valence-corrected chi connectivity index (χ4v) is 2.04. The van der Waals surface area contributed by atoms with E-state index in [1.54, 1.807) is 0 Å². The molecule has 2 aromatic rings. The van der Waals surface area contributed by atoms with Crippen LogP contribution in [0.25, 0.3) is 0 Å². The van der Waals surface area contributed by atoms with Crippen molar-refractivity contribution in [3.63, 3.8) is 0 Å². The van der Waals surface area contributed by atoms with E-state index in [9.17, 15) is 0 Å². The third-order valence-electron chi connectivity index (χ3n) is 3.08. The van der Waals surface area contributed by atoms with Crippen molar-refractivity contribution >= 4 is 23.2 Å². The highest BCUT2D eigenvalue weighted by Gasteiger charge is 2.08. The van der Waals surface area contributed by atoms with Crippen LogP contribution < -0.4 is 10.6 Å². The Morgan fingerprint density at radius 3 is 2.40 bits per heavy atom. The van der Waals surface area contributed by atoms with Crippen LogP contribution in [0.3, 0.4) is 0 Å². The van der Waals surface area contributed by atoms with Gasteiger partial charge in [0.2, 0.25) is 0 Å². The third kappa shape index (κ3) is 3.61. The maximum atomic E-state index is 5.91. The first-order valence-corrected chi connectivity index (χ1v) is 7.08. The second-order valence-electron chi connectivity index (χ2n) is 4.58. The Kier molecular flexibility index (Phi) is 4.79. The minimum absolute atomic E-state index is 0.150. The van der Waals surface area contributed by atoms with Gasteiger partial charge in [0.05, 0.1) is 0 Å². The van der Waals surface area contributed by atoms with Gasteiger partial charge < -0.3 is 10.6 Å². The van der Waals surface area contributed by atoms with Crippen LogP contribution in [0.5, 0.6) is 0 Å². The summed E-state index contributed by atoms with van der Waals surface area (Å²) in [5.74, 6) is 2.47. The zero-order valence-corrected chi connectivity index (χ0v) is 12.7. The molecular formula is C15H19ClN4. The fourth-order valence-electron chi connectivity index (χ4n) is 1.91. The molecule has 0 saturated carbocycles. The van der Waals surface area contributed by atoms with Gasteiger partial charge in [-0.3, -0.25) is 0 Å². The van der Waals surface area contributed by atoms with Crippen molar-refractivity contribution in [1.29, 1.82) is 0 Å². The standard InChI is InChI=1S/C15H19ClN4/c1-4-13-19-14(17-3)9-15(20-13)18-10(2)11-5-7-12(16)8-6-11/h5-10H,4H2,1-3H3,(H2,17,18,19,20). The van der Waals surface area contributed by atoms with E-state index in [4.69, 9.17) is 11.6 Å². The largest absolute Gasteiger partial charge is 0.373 e. The lowest BCUT2D eigenvalue weighted by molar-refractivity contribution is 0.858. The van der Waals surface area contributed by atoms with Crippen molar-refractivity contribution in [2.75, 3.05) is 17.7 Å². The number of rotatable bonds is 5. The summed E-state index contributed by atoms with van der Waals surface area (Å²) in [7, 11) is 1.86. The van der Waals surface area contributed by atoms with Gasteiger partial charge in [-0.1, -0.05) is 30.7 Å². The summed E-state index contributed by atoms with van der Waals surface area (Å²) in [6.07, 6.45) is 0.805. The van der Waals surface area contributed by atoms with Gasteiger partial charge in [-0.25, -0.2) is 9.97 Å². The summed E-state index contributed by atoms with van der Waals surface area (Å²) in [4.78, 5) is 8.88. The number of anilines is 2. The van der Waals surface area contributed by atoms with Crippen LogP contribution in [0.1, 0.15) is 31.3 Å². The van der Waals surface area contributed by atoms with Gasteiger partial charge in [-0.15, -0.1) is 0 Å². The van der Waals surface area contributed by atoms with E-state index in [0.717, 1.165) is 34.5 Å². The van der Waals surface area contributed by atoms with Crippen LogP contribution in [0.4, 0.5) is 11.6 Å². The Labute approximate surface area is 124 Å². The minimum atomic E-state index is 0.150. The normalized spacial score (nSPS) is 12.0. The molecule has 1 aromatic carbocycles. The summed E-state index contributed by atoms with van der Waals surface area (Å²) >= 11 is 5.91. The maximum absolute atomic E-state index is 5.91. The van der Waals surface area contributed by atoms with E-state index in [1.807, 2.05) is 44.3 Å². The van der Waals surface area contributed by atoms with E-state index in [2.05, 4.69) is 27.5 Å². The fraction of sp³-hybridized carbons (Fsp3) is 0.333. The van der Waals surface area contributed by atoms with Gasteiger partial charge in [-0.2, -0.15) is 0 Å². The first-order valence-electron chi connectivity index (χ1n) is 6.70. The summed E-state index contributed by atoms with van der Waals surface area (Å²) in [5, 5.41) is 7.19. The SMILES string of the molecule is CCc1nc(NC)cc(NC(C)c2ccc(Cl)cc2)n1. The van der Waals surface area contributed by atoms with Gasteiger partial charge >= 0.3 is 0 Å². The first kappa shape index (κ1) is 14.6. The van der Waals surface area contributed by atoms with Crippen molar-refractivity contribution in [2.45, 2.75) is 26.3 Å². The maximum Gasteiger partial charge on any atom is 0.132 e. The van der Waals surface area contributed by atoms with Crippen molar-refractivity contribution < 1.29 is 0 Å². The van der Waals surface area contributed by atoms with Gasteiger partial charge in [0.1, 0.15) is 17.5 Å². The molecule has 0 bridgehead atoms. The van der Waals surface area contributed by atoms with Crippen LogP contribution in [0.15, 0.2) is 30.3 Å². The average Bonchev–Trinajstić information content (AvgIpc) is 2.47. The highest BCUT2D eigenvalue weighted by molar-refractivity contribution is 6.30. The number of hydrogen-bond acceptors (Lipinski definition) is 4. The van der Waals surface area contributed by atoms with Crippen molar-refractivity contribution in [1.82, 2.24) is 9.97 Å². The molecule has 20 heavy (non-hydrogen) atoms. The zero-order valence-electron chi connectivity index (χ0n) is 11.9. The number of nitrogens with zero attached hydrogens (tertiary/aromatic N) is 2. The van der Waals surface area contributed by atoms with Gasteiger partial charge in [0.15, 0.2) is 0 Å². The van der Waals surface area contributed by atoms with E-state index in [-0.39, 0.29) is 6.04 Å². The molecule has 2 rings (SSSR count). The Morgan fingerprint density at radius 2 is 1.80 bits per heavy atom. The molecule has 106 valence electrons. The van der Waals surface area contributed by atoms with Gasteiger partial charge in [-0.05, 0) is 24.6 Å². The highest BCUT2D eigenvalue weighted by atomic mass is 35.5. The lowest BCUT2D eigenvalue weighted by atomic mass is 10.1. The molecule has 2 N–H and O–H groups in total. The molecule has 1 aromatic heterocycles. The number of nitrogens with one attached hydrogen (secondary N) is 2. The number of benzene rings is 1. The molecule has 0 amide bonds. The Morgan fingerprint density at radius 1 is 1.15 bits per heavy atom. The molecule has 1 heterocycles. The van der Waals surface area contributed by atoms with E-state index in [0.29, 0.717) is 0 Å². The van der Waals surface area contributed by atoms with Crippen LogP contribution in [-0.2, 0) is 6.42 Å². The van der Waals surface area contributed by atoms with Crippen LogP contribution >= 0.6 is 11.6 Å². The van der Waals surface area contributed by atoms with E-state index < -0.39 is 0 Å². The Hall–Kier alpha value is -1.81. The average molecular weight is 291 g/mol. The molecular weight excluding hydrogens is 272 g/mol. The monoisotopic (exact) mass is 290 g/mol. The lowest BCUT2D eigenvalue weighted by Gasteiger charge is -2.16. The Balaban J connectivity index is 2.18. The van der Waals surface area contributed by atoms with Crippen molar-refractivity contribution in [3.05, 3.63) is 46.7 Å². The molecule has 0 aliphatic carbocycles. The molecule has 1 atom stereocenters. The molecule has 5 heteroatoms. The van der Waals surface area contributed by atoms with Gasteiger partial charge in [0.25, 0.3) is 0 Å². The second-order valence-corrected chi connectivity index (χ2v) is 5.01. The first-order chi connectivity index (χ1) is 9.62. The summed E-state index contributed by atoms with van der Waals surface area (Å²) in [5.41, 5.74) is 1.16. The molecule has 1 unspecified atom stereocenters. The quantitative estimate of drug-likeness (QED) is 0.876. The van der Waals surface area contributed by atoms with Gasteiger partial charge in [0, 0.05) is 30.6 Å². The molecule has 0 fully saturated rings. The second kappa shape index (κ2) is 6.57.